The molecule has 0 saturated heterocycles. The number of carbonyl (C=O) groups is 2. The number of aromatic nitrogens is 3. The molecular formula is C12H17N5O3. The molecule has 2 heterocycles. The largest absolute Gasteiger partial charge is 0.481 e. The van der Waals surface area contributed by atoms with Crippen LogP contribution in [-0.2, 0) is 17.9 Å². The van der Waals surface area contributed by atoms with E-state index in [0.29, 0.717) is 26.1 Å². The lowest BCUT2D eigenvalue weighted by atomic mass is 10.0. The molecule has 2 atom stereocenters. The van der Waals surface area contributed by atoms with Crippen LogP contribution in [0.1, 0.15) is 25.1 Å². The Balaban J connectivity index is 1.61. The number of carbonyl (C=O) groups excluding carboxylic acids is 1. The monoisotopic (exact) mass is 279 g/mol. The smallest absolute Gasteiger partial charge is 0.318 e. The van der Waals surface area contributed by atoms with Crippen LogP contribution in [-0.4, -0.2) is 49.4 Å². The molecule has 2 N–H and O–H groups in total. The highest BCUT2D eigenvalue weighted by Crippen LogP contribution is 2.26. The second kappa shape index (κ2) is 5.10. The number of hydrogen-bond acceptors (Lipinski definition) is 4. The molecule has 108 valence electrons. The highest BCUT2D eigenvalue weighted by Gasteiger charge is 2.35. The number of carboxylic acids is 1. The van der Waals surface area contributed by atoms with Gasteiger partial charge in [-0.2, -0.15) is 0 Å². The van der Waals surface area contributed by atoms with Gasteiger partial charge >= 0.3 is 12.0 Å². The van der Waals surface area contributed by atoms with Gasteiger partial charge in [0.2, 0.25) is 0 Å². The zero-order valence-corrected chi connectivity index (χ0v) is 11.0. The van der Waals surface area contributed by atoms with Crippen molar-refractivity contribution in [2.24, 2.45) is 5.92 Å². The Morgan fingerprint density at radius 1 is 1.35 bits per heavy atom. The Morgan fingerprint density at radius 2 is 2.20 bits per heavy atom. The van der Waals surface area contributed by atoms with E-state index in [4.69, 9.17) is 5.11 Å². The number of nitrogens with one attached hydrogen (secondary N) is 1. The molecule has 1 fully saturated rings. The van der Waals surface area contributed by atoms with Gasteiger partial charge in [0.25, 0.3) is 0 Å². The fraction of sp³-hybridized carbons (Fsp3) is 0.667. The summed E-state index contributed by atoms with van der Waals surface area (Å²) in [6.45, 7) is 1.67. The first kappa shape index (κ1) is 12.9. The number of urea groups is 1. The molecule has 3 rings (SSSR count). The van der Waals surface area contributed by atoms with Crippen molar-refractivity contribution in [3.05, 3.63) is 12.2 Å². The molecule has 1 aromatic rings. The lowest BCUT2D eigenvalue weighted by Gasteiger charge is -2.29. The van der Waals surface area contributed by atoms with Crippen molar-refractivity contribution in [3.63, 3.8) is 0 Å². The van der Waals surface area contributed by atoms with E-state index in [1.807, 2.05) is 4.57 Å². The van der Waals surface area contributed by atoms with Gasteiger partial charge in [-0.3, -0.25) is 4.79 Å². The van der Waals surface area contributed by atoms with Crippen LogP contribution in [0.5, 0.6) is 0 Å². The minimum Gasteiger partial charge on any atom is -0.481 e. The van der Waals surface area contributed by atoms with E-state index in [-0.39, 0.29) is 12.1 Å². The van der Waals surface area contributed by atoms with Crippen LogP contribution >= 0.6 is 0 Å². The summed E-state index contributed by atoms with van der Waals surface area (Å²) in [4.78, 5) is 25.0. The highest BCUT2D eigenvalue weighted by atomic mass is 16.4. The first-order valence-electron chi connectivity index (χ1n) is 6.80. The predicted octanol–water partition coefficient (Wildman–Crippen LogP) is 0.0566. The van der Waals surface area contributed by atoms with Crippen molar-refractivity contribution in [1.82, 2.24) is 25.0 Å². The van der Waals surface area contributed by atoms with E-state index < -0.39 is 11.9 Å². The number of nitrogens with zero attached hydrogens (tertiary/aromatic N) is 4. The Labute approximate surface area is 115 Å². The topological polar surface area (TPSA) is 100 Å². The minimum absolute atomic E-state index is 0.211. The first-order valence-corrected chi connectivity index (χ1v) is 6.80. The fourth-order valence-corrected chi connectivity index (χ4v) is 2.92. The SMILES string of the molecule is O=C(O)C1CCCC1NC(=O)N1CCn2cnnc2C1. The van der Waals surface area contributed by atoms with Crippen LogP contribution in [0.2, 0.25) is 0 Å². The Kier molecular flexibility index (Phi) is 3.29. The van der Waals surface area contributed by atoms with Crippen LogP contribution in [0, 0.1) is 5.92 Å². The van der Waals surface area contributed by atoms with Crippen LogP contribution in [0.25, 0.3) is 0 Å². The summed E-state index contributed by atoms with van der Waals surface area (Å²) in [5.74, 6) is -0.536. The lowest BCUT2D eigenvalue weighted by molar-refractivity contribution is -0.142. The van der Waals surface area contributed by atoms with Gasteiger partial charge in [0.1, 0.15) is 6.33 Å². The first-order chi connectivity index (χ1) is 9.65. The summed E-state index contributed by atoms with van der Waals surface area (Å²) in [6.07, 6.45) is 3.86. The van der Waals surface area contributed by atoms with Crippen molar-refractivity contribution in [1.29, 1.82) is 0 Å². The second-order valence-corrected chi connectivity index (χ2v) is 5.29. The molecule has 0 bridgehead atoms. The van der Waals surface area contributed by atoms with Gasteiger partial charge in [-0.15, -0.1) is 10.2 Å². The Bertz CT molecular complexity index is 529. The second-order valence-electron chi connectivity index (χ2n) is 5.29. The van der Waals surface area contributed by atoms with E-state index in [9.17, 15) is 9.59 Å². The summed E-state index contributed by atoms with van der Waals surface area (Å²) in [5, 5.41) is 19.7. The highest BCUT2D eigenvalue weighted by molar-refractivity contribution is 5.77. The van der Waals surface area contributed by atoms with Crippen molar-refractivity contribution >= 4 is 12.0 Å². The van der Waals surface area contributed by atoms with Crippen LogP contribution in [0.3, 0.4) is 0 Å². The maximum absolute atomic E-state index is 12.2. The number of hydrogen-bond donors (Lipinski definition) is 2. The quantitative estimate of drug-likeness (QED) is 0.797. The molecule has 8 heteroatoms. The Morgan fingerprint density at radius 3 is 3.00 bits per heavy atom. The predicted molar refractivity (Wildman–Crippen MR) is 67.7 cm³/mol. The Hall–Kier alpha value is -2.12. The van der Waals surface area contributed by atoms with Gasteiger partial charge in [-0.25, -0.2) is 4.79 Å². The van der Waals surface area contributed by atoms with Gasteiger partial charge < -0.3 is 19.9 Å². The molecule has 1 aromatic heterocycles. The molecule has 1 aliphatic heterocycles. The molecule has 8 nitrogen and oxygen atoms in total. The van der Waals surface area contributed by atoms with E-state index >= 15 is 0 Å². The number of amides is 2. The molecular weight excluding hydrogens is 262 g/mol. The average Bonchev–Trinajstić information content (AvgIpc) is 3.05. The lowest BCUT2D eigenvalue weighted by Crippen LogP contribution is -2.49. The maximum Gasteiger partial charge on any atom is 0.318 e. The van der Waals surface area contributed by atoms with Gasteiger partial charge in [0.15, 0.2) is 5.82 Å². The van der Waals surface area contributed by atoms with Crippen molar-refractivity contribution in [3.8, 4) is 0 Å². The molecule has 1 saturated carbocycles. The fourth-order valence-electron chi connectivity index (χ4n) is 2.92. The number of fused-ring (bicyclic) bond motifs is 1. The molecule has 0 aromatic carbocycles. The summed E-state index contributed by atoms with van der Waals surface area (Å²) in [5.41, 5.74) is 0. The summed E-state index contributed by atoms with van der Waals surface area (Å²) >= 11 is 0. The summed E-state index contributed by atoms with van der Waals surface area (Å²) in [7, 11) is 0. The molecule has 0 spiro atoms. The molecule has 2 unspecified atom stereocenters. The minimum atomic E-state index is -0.828. The van der Waals surface area contributed by atoms with Crippen LogP contribution in [0.15, 0.2) is 6.33 Å². The molecule has 2 amide bonds. The summed E-state index contributed by atoms with van der Waals surface area (Å²) < 4.78 is 1.92. The standard InChI is InChI=1S/C12H17N5O3/c18-11(19)8-2-1-3-9(8)14-12(20)16-4-5-17-7-13-15-10(17)6-16/h7-9H,1-6H2,(H,14,20)(H,18,19). The zero-order valence-electron chi connectivity index (χ0n) is 11.0. The van der Waals surface area contributed by atoms with E-state index in [0.717, 1.165) is 18.7 Å². The van der Waals surface area contributed by atoms with Gasteiger partial charge in [-0.1, -0.05) is 6.42 Å². The molecule has 20 heavy (non-hydrogen) atoms. The zero-order chi connectivity index (χ0) is 14.1. The van der Waals surface area contributed by atoms with Gasteiger partial charge in [0.05, 0.1) is 12.5 Å². The average molecular weight is 279 g/mol. The third-order valence-electron chi connectivity index (χ3n) is 4.07. The van der Waals surface area contributed by atoms with Crippen LogP contribution in [0.4, 0.5) is 4.79 Å². The molecule has 2 aliphatic rings. The van der Waals surface area contributed by atoms with Crippen molar-refractivity contribution in [2.75, 3.05) is 6.54 Å². The van der Waals surface area contributed by atoms with E-state index in [1.54, 1.807) is 11.2 Å². The number of carboxylic acid groups (broad SMARTS) is 1. The maximum atomic E-state index is 12.2. The van der Waals surface area contributed by atoms with Gasteiger partial charge in [0, 0.05) is 19.1 Å². The third kappa shape index (κ3) is 2.33. The van der Waals surface area contributed by atoms with Gasteiger partial charge in [-0.05, 0) is 12.8 Å². The summed E-state index contributed by atoms with van der Waals surface area (Å²) in [6, 6.07) is -0.475. The van der Waals surface area contributed by atoms with Crippen molar-refractivity contribution < 1.29 is 14.7 Å². The van der Waals surface area contributed by atoms with E-state index in [1.165, 1.54) is 0 Å². The normalized spacial score (nSPS) is 25.3. The third-order valence-corrected chi connectivity index (χ3v) is 4.07. The van der Waals surface area contributed by atoms with Crippen LogP contribution < -0.4 is 5.32 Å². The van der Waals surface area contributed by atoms with E-state index in [2.05, 4.69) is 15.5 Å². The number of rotatable bonds is 2. The van der Waals surface area contributed by atoms with Crippen molar-refractivity contribution in [2.45, 2.75) is 38.4 Å². The molecule has 1 aliphatic carbocycles. The number of aliphatic carboxylic acids is 1. The molecule has 0 radical (unpaired) electrons.